The highest BCUT2D eigenvalue weighted by Crippen LogP contribution is 2.12. The lowest BCUT2D eigenvalue weighted by molar-refractivity contribution is -0.146. The molecule has 0 bridgehead atoms. The van der Waals surface area contributed by atoms with E-state index in [-0.39, 0.29) is 12.5 Å². The Morgan fingerprint density at radius 2 is 1.82 bits per heavy atom. The maximum absolute atomic E-state index is 11.8. The molecule has 5 heteroatoms. The van der Waals surface area contributed by atoms with Gasteiger partial charge in [0.15, 0.2) is 6.10 Å². The number of carbonyl (C=O) groups is 2. The van der Waals surface area contributed by atoms with Crippen LogP contribution >= 0.6 is 0 Å². The van der Waals surface area contributed by atoms with Crippen molar-refractivity contribution >= 4 is 11.9 Å². The highest BCUT2D eigenvalue weighted by Gasteiger charge is 2.16. The number of benzene rings is 1. The number of nitrogens with one attached hydrogen (secondary N) is 1. The van der Waals surface area contributed by atoms with Gasteiger partial charge in [0.05, 0.1) is 6.54 Å². The Morgan fingerprint density at radius 3 is 2.29 bits per heavy atom. The monoisotopic (exact) mass is 237 g/mol. The van der Waals surface area contributed by atoms with E-state index in [4.69, 9.17) is 10.2 Å². The summed E-state index contributed by atoms with van der Waals surface area (Å²) in [6.45, 7) is 3.30. The number of aliphatic hydroxyl groups is 1. The number of aryl methyl sites for hydroxylation is 2. The van der Waals surface area contributed by atoms with Gasteiger partial charge in [0.25, 0.3) is 5.91 Å². The van der Waals surface area contributed by atoms with E-state index in [0.717, 1.165) is 11.1 Å². The van der Waals surface area contributed by atoms with Crippen molar-refractivity contribution in [1.29, 1.82) is 0 Å². The summed E-state index contributed by atoms with van der Waals surface area (Å²) < 4.78 is 0. The van der Waals surface area contributed by atoms with Gasteiger partial charge in [-0.05, 0) is 25.0 Å². The molecule has 0 saturated carbocycles. The van der Waals surface area contributed by atoms with Crippen molar-refractivity contribution in [2.75, 3.05) is 6.54 Å². The number of carboxylic acids is 1. The van der Waals surface area contributed by atoms with Crippen molar-refractivity contribution in [2.24, 2.45) is 0 Å². The summed E-state index contributed by atoms with van der Waals surface area (Å²) in [4.78, 5) is 22.2. The lowest BCUT2D eigenvalue weighted by Gasteiger charge is -2.11. The predicted molar refractivity (Wildman–Crippen MR) is 61.9 cm³/mol. The van der Waals surface area contributed by atoms with E-state index in [1.165, 1.54) is 0 Å². The number of rotatable bonds is 4. The van der Waals surface area contributed by atoms with Gasteiger partial charge in [-0.1, -0.05) is 18.2 Å². The second-order valence-corrected chi connectivity index (χ2v) is 3.83. The van der Waals surface area contributed by atoms with Gasteiger partial charge in [0, 0.05) is 5.56 Å². The molecule has 1 amide bonds. The zero-order valence-corrected chi connectivity index (χ0v) is 9.73. The predicted octanol–water partition coefficient (Wildman–Crippen LogP) is 0.479. The Labute approximate surface area is 99.1 Å². The summed E-state index contributed by atoms with van der Waals surface area (Å²) in [5, 5.41) is 19.9. The number of hydrogen-bond donors (Lipinski definition) is 3. The smallest absolute Gasteiger partial charge is 0.334 e. The minimum absolute atomic E-state index is 0.304. The number of carbonyl (C=O) groups excluding carboxylic acids is 1. The van der Waals surface area contributed by atoms with Crippen LogP contribution in [-0.2, 0) is 4.79 Å². The number of hydrogen-bond acceptors (Lipinski definition) is 3. The number of aliphatic hydroxyl groups excluding tert-OH is 1. The molecule has 0 spiro atoms. The third-order valence-electron chi connectivity index (χ3n) is 2.45. The average Bonchev–Trinajstić information content (AvgIpc) is 2.25. The molecule has 0 aliphatic carbocycles. The molecule has 0 aliphatic heterocycles. The van der Waals surface area contributed by atoms with Gasteiger partial charge in [0.2, 0.25) is 0 Å². The minimum atomic E-state index is -1.58. The summed E-state index contributed by atoms with van der Waals surface area (Å²) in [6, 6.07) is 5.44. The highest BCUT2D eigenvalue weighted by atomic mass is 16.4. The fourth-order valence-corrected chi connectivity index (χ4v) is 1.54. The van der Waals surface area contributed by atoms with Crippen LogP contribution in [0.1, 0.15) is 21.5 Å². The zero-order chi connectivity index (χ0) is 13.0. The first-order valence-corrected chi connectivity index (χ1v) is 5.18. The number of carboxylic acid groups (broad SMARTS) is 1. The summed E-state index contributed by atoms with van der Waals surface area (Å²) in [5.41, 5.74) is 2.14. The van der Waals surface area contributed by atoms with Gasteiger partial charge < -0.3 is 15.5 Å². The van der Waals surface area contributed by atoms with Gasteiger partial charge in [-0.15, -0.1) is 0 Å². The molecule has 0 heterocycles. The summed E-state index contributed by atoms with van der Waals surface area (Å²) in [7, 11) is 0. The Balaban J connectivity index is 2.74. The van der Waals surface area contributed by atoms with Gasteiger partial charge >= 0.3 is 5.97 Å². The van der Waals surface area contributed by atoms with Gasteiger partial charge in [0.1, 0.15) is 0 Å². The molecular weight excluding hydrogens is 222 g/mol. The van der Waals surface area contributed by atoms with E-state index in [0.29, 0.717) is 5.56 Å². The molecule has 1 rings (SSSR count). The average molecular weight is 237 g/mol. The largest absolute Gasteiger partial charge is 0.479 e. The molecule has 0 aromatic heterocycles. The van der Waals surface area contributed by atoms with Gasteiger partial charge in [-0.3, -0.25) is 4.79 Å². The van der Waals surface area contributed by atoms with Gasteiger partial charge in [-0.25, -0.2) is 4.79 Å². The molecule has 3 N–H and O–H groups in total. The van der Waals surface area contributed by atoms with E-state index in [9.17, 15) is 9.59 Å². The molecule has 1 atom stereocenters. The third kappa shape index (κ3) is 3.29. The van der Waals surface area contributed by atoms with E-state index in [2.05, 4.69) is 5.32 Å². The summed E-state index contributed by atoms with van der Waals surface area (Å²) in [6.07, 6.45) is -1.58. The van der Waals surface area contributed by atoms with E-state index < -0.39 is 12.1 Å². The van der Waals surface area contributed by atoms with Crippen LogP contribution in [0.4, 0.5) is 0 Å². The molecule has 92 valence electrons. The summed E-state index contributed by atoms with van der Waals surface area (Å²) in [5.74, 6) is -1.73. The third-order valence-corrected chi connectivity index (χ3v) is 2.45. The highest BCUT2D eigenvalue weighted by molar-refractivity contribution is 5.97. The molecule has 0 fully saturated rings. The Bertz CT molecular complexity index is 422. The molecule has 0 saturated heterocycles. The van der Waals surface area contributed by atoms with E-state index in [1.807, 2.05) is 6.07 Å². The van der Waals surface area contributed by atoms with Crippen molar-refractivity contribution < 1.29 is 19.8 Å². The topological polar surface area (TPSA) is 86.6 Å². The number of amides is 1. The molecule has 0 aliphatic rings. The normalized spacial score (nSPS) is 11.9. The van der Waals surface area contributed by atoms with Crippen molar-refractivity contribution in [3.63, 3.8) is 0 Å². The van der Waals surface area contributed by atoms with Crippen LogP contribution < -0.4 is 5.32 Å². The molecule has 1 aromatic carbocycles. The van der Waals surface area contributed by atoms with Gasteiger partial charge in [-0.2, -0.15) is 0 Å². The quantitative estimate of drug-likeness (QED) is 0.710. The van der Waals surface area contributed by atoms with Crippen LogP contribution in [0.5, 0.6) is 0 Å². The second kappa shape index (κ2) is 5.45. The van der Waals surface area contributed by atoms with Crippen molar-refractivity contribution in [3.05, 3.63) is 34.9 Å². The van der Waals surface area contributed by atoms with Crippen LogP contribution in [0.15, 0.2) is 18.2 Å². The number of aliphatic carboxylic acids is 1. The van der Waals surface area contributed by atoms with Crippen molar-refractivity contribution in [1.82, 2.24) is 5.32 Å². The Hall–Kier alpha value is -1.88. The molecular formula is C12H15NO4. The molecule has 0 radical (unpaired) electrons. The molecule has 5 nitrogen and oxygen atoms in total. The lowest BCUT2D eigenvalue weighted by atomic mass is 10.0. The van der Waals surface area contributed by atoms with Crippen molar-refractivity contribution in [2.45, 2.75) is 20.0 Å². The lowest BCUT2D eigenvalue weighted by Crippen LogP contribution is -2.37. The fourth-order valence-electron chi connectivity index (χ4n) is 1.54. The fraction of sp³-hybridized carbons (Fsp3) is 0.333. The van der Waals surface area contributed by atoms with Crippen LogP contribution in [0.3, 0.4) is 0 Å². The SMILES string of the molecule is Cc1cccc(C)c1C(=O)NC[C@H](O)C(=O)O. The van der Waals surface area contributed by atoms with E-state index >= 15 is 0 Å². The van der Waals surface area contributed by atoms with Crippen LogP contribution in [0.25, 0.3) is 0 Å². The molecule has 17 heavy (non-hydrogen) atoms. The maximum Gasteiger partial charge on any atom is 0.334 e. The molecule has 1 aromatic rings. The zero-order valence-electron chi connectivity index (χ0n) is 9.73. The minimum Gasteiger partial charge on any atom is -0.479 e. The first-order chi connectivity index (χ1) is 7.93. The standard InChI is InChI=1S/C12H15NO4/c1-7-4-3-5-8(2)10(7)11(15)13-6-9(14)12(16)17/h3-5,9,14H,6H2,1-2H3,(H,13,15)(H,16,17)/t9-/m0/s1. The Morgan fingerprint density at radius 1 is 1.29 bits per heavy atom. The van der Waals surface area contributed by atoms with Crippen LogP contribution in [0.2, 0.25) is 0 Å². The van der Waals surface area contributed by atoms with Crippen molar-refractivity contribution in [3.8, 4) is 0 Å². The maximum atomic E-state index is 11.8. The van der Waals surface area contributed by atoms with Crippen LogP contribution in [0, 0.1) is 13.8 Å². The van der Waals surface area contributed by atoms with E-state index in [1.54, 1.807) is 26.0 Å². The van der Waals surface area contributed by atoms with Crippen LogP contribution in [-0.4, -0.2) is 34.7 Å². The first-order valence-electron chi connectivity index (χ1n) is 5.18. The molecule has 0 unspecified atom stereocenters. The first kappa shape index (κ1) is 13.2. The second-order valence-electron chi connectivity index (χ2n) is 3.83. The Kier molecular flexibility index (Phi) is 4.23. The summed E-state index contributed by atoms with van der Waals surface area (Å²) >= 11 is 0.